The number of hydrogen-bond acceptors (Lipinski definition) is 1. The van der Waals surface area contributed by atoms with Crippen molar-refractivity contribution in [3.8, 4) is 44.5 Å². The van der Waals surface area contributed by atoms with Crippen molar-refractivity contribution in [1.29, 1.82) is 0 Å². The summed E-state index contributed by atoms with van der Waals surface area (Å²) in [4.78, 5) is 0. The molecule has 9 aromatic carbocycles. The minimum absolute atomic E-state index is 0.189. The average molecular weight is 717 g/mol. The smallest absolute Gasteiger partial charge is 0.136 e. The average Bonchev–Trinajstić information content (AvgIpc) is 3.72. The Morgan fingerprint density at radius 2 is 1.07 bits per heavy atom. The van der Waals surface area contributed by atoms with Gasteiger partial charge in [0.05, 0.1) is 0 Å². The lowest BCUT2D eigenvalue weighted by atomic mass is 9.80. The Balaban J connectivity index is 1.13. The molecule has 10 aromatic rings. The molecule has 56 heavy (non-hydrogen) atoms. The van der Waals surface area contributed by atoms with Crippen molar-refractivity contribution in [3.63, 3.8) is 0 Å². The van der Waals surface area contributed by atoms with Crippen molar-refractivity contribution in [2.45, 2.75) is 33.1 Å². The standard InChI is InChI=1S/C55H40O/c1-5-13-35-30-37(23-22-33(35)2)36-14-12-15-38(31-36)50-40-16-6-8-18-42(40)51(43-19-9-7-17-41(43)50)39-24-27-44-47(32-39)55(3,4)46-28-25-34-26-29-49-54(52(34)53(44)46)45-20-10-11-21-48(45)56-49/h5-32H,1-4H3/b13-5-. The second-order valence-corrected chi connectivity index (χ2v) is 16.0. The lowest BCUT2D eigenvalue weighted by Crippen LogP contribution is -2.15. The van der Waals surface area contributed by atoms with Crippen molar-refractivity contribution < 1.29 is 4.42 Å². The topological polar surface area (TPSA) is 13.1 Å². The van der Waals surface area contributed by atoms with Gasteiger partial charge in [-0.1, -0.05) is 153 Å². The minimum Gasteiger partial charge on any atom is -0.456 e. The Hall–Kier alpha value is -6.70. The quantitative estimate of drug-likeness (QED) is 0.165. The van der Waals surface area contributed by atoms with Crippen LogP contribution < -0.4 is 0 Å². The Morgan fingerprint density at radius 1 is 0.464 bits per heavy atom. The molecule has 0 atom stereocenters. The van der Waals surface area contributed by atoms with Crippen LogP contribution in [0.15, 0.2) is 168 Å². The first-order valence-electron chi connectivity index (χ1n) is 19.7. The minimum atomic E-state index is -0.189. The third-order valence-corrected chi connectivity index (χ3v) is 12.5. The van der Waals surface area contributed by atoms with Gasteiger partial charge in [-0.2, -0.15) is 0 Å². The predicted octanol–water partition coefficient (Wildman–Crippen LogP) is 15.7. The van der Waals surface area contributed by atoms with Crippen LogP contribution in [0.25, 0.3) is 105 Å². The van der Waals surface area contributed by atoms with Gasteiger partial charge in [0, 0.05) is 21.6 Å². The van der Waals surface area contributed by atoms with Crippen LogP contribution in [0.3, 0.4) is 0 Å². The van der Waals surface area contributed by atoms with Crippen LogP contribution in [-0.4, -0.2) is 0 Å². The van der Waals surface area contributed by atoms with Crippen LogP contribution in [0.4, 0.5) is 0 Å². The van der Waals surface area contributed by atoms with E-state index in [2.05, 4.69) is 198 Å². The van der Waals surface area contributed by atoms with Crippen LogP contribution in [0.2, 0.25) is 0 Å². The van der Waals surface area contributed by atoms with E-state index in [9.17, 15) is 0 Å². The van der Waals surface area contributed by atoms with Gasteiger partial charge in [0.25, 0.3) is 0 Å². The van der Waals surface area contributed by atoms with Crippen molar-refractivity contribution in [2.24, 2.45) is 0 Å². The molecule has 0 aliphatic heterocycles. The molecule has 1 aromatic heterocycles. The molecule has 1 nitrogen and oxygen atoms in total. The third-order valence-electron chi connectivity index (χ3n) is 12.5. The number of allylic oxidation sites excluding steroid dienone is 1. The number of fused-ring (bicyclic) bond motifs is 11. The molecule has 0 fully saturated rings. The van der Waals surface area contributed by atoms with E-state index >= 15 is 0 Å². The first-order valence-corrected chi connectivity index (χ1v) is 19.7. The molecule has 1 heterocycles. The highest BCUT2D eigenvalue weighted by molar-refractivity contribution is 6.25. The van der Waals surface area contributed by atoms with E-state index in [-0.39, 0.29) is 5.41 Å². The van der Waals surface area contributed by atoms with Gasteiger partial charge in [0.15, 0.2) is 0 Å². The molecule has 0 unspecified atom stereocenters. The summed E-state index contributed by atoms with van der Waals surface area (Å²) in [5.74, 6) is 0. The molecule has 11 rings (SSSR count). The van der Waals surface area contributed by atoms with Gasteiger partial charge in [-0.05, 0) is 138 Å². The highest BCUT2D eigenvalue weighted by Crippen LogP contribution is 2.55. The Labute approximate surface area is 327 Å². The summed E-state index contributed by atoms with van der Waals surface area (Å²) in [7, 11) is 0. The Kier molecular flexibility index (Phi) is 7.10. The van der Waals surface area contributed by atoms with E-state index in [1.54, 1.807) is 0 Å². The maximum absolute atomic E-state index is 6.40. The predicted molar refractivity (Wildman–Crippen MR) is 240 cm³/mol. The molecule has 0 saturated carbocycles. The fourth-order valence-corrected chi connectivity index (χ4v) is 9.80. The normalized spacial score (nSPS) is 13.4. The maximum Gasteiger partial charge on any atom is 0.136 e. The SMILES string of the molecule is C/C=C\c1cc(-c2cccc(-c3c4ccccc4c(-c4ccc5c(c4)C(C)(C)c4ccc6ccc7oc8ccccc8c7c6c4-5)c4ccccc34)c2)ccc1C. The Bertz CT molecular complexity index is 3240. The maximum atomic E-state index is 6.40. The lowest BCUT2D eigenvalue weighted by Gasteiger charge is -2.23. The number of benzene rings is 9. The second-order valence-electron chi connectivity index (χ2n) is 16.0. The third kappa shape index (κ3) is 4.67. The van der Waals surface area contributed by atoms with Crippen LogP contribution in [0.1, 0.15) is 43.0 Å². The van der Waals surface area contributed by atoms with Gasteiger partial charge in [-0.25, -0.2) is 0 Å². The first-order chi connectivity index (χ1) is 27.4. The number of aryl methyl sites for hydroxylation is 1. The monoisotopic (exact) mass is 716 g/mol. The molecule has 0 amide bonds. The zero-order valence-corrected chi connectivity index (χ0v) is 32.1. The Morgan fingerprint density at radius 3 is 1.79 bits per heavy atom. The highest BCUT2D eigenvalue weighted by atomic mass is 16.3. The fraction of sp³-hybridized carbons (Fsp3) is 0.0909. The largest absolute Gasteiger partial charge is 0.456 e. The van der Waals surface area contributed by atoms with E-state index in [1.165, 1.54) is 110 Å². The molecule has 0 N–H and O–H groups in total. The van der Waals surface area contributed by atoms with Crippen molar-refractivity contribution in [1.82, 2.24) is 0 Å². The molecule has 0 saturated heterocycles. The van der Waals surface area contributed by atoms with Gasteiger partial charge < -0.3 is 4.42 Å². The van der Waals surface area contributed by atoms with Gasteiger partial charge in [-0.3, -0.25) is 0 Å². The van der Waals surface area contributed by atoms with Crippen molar-refractivity contribution in [2.75, 3.05) is 0 Å². The molecule has 1 heteroatoms. The number of para-hydroxylation sites is 1. The van der Waals surface area contributed by atoms with Gasteiger partial charge >= 0.3 is 0 Å². The molecular weight excluding hydrogens is 677 g/mol. The second kappa shape index (κ2) is 12.2. The summed E-state index contributed by atoms with van der Waals surface area (Å²) < 4.78 is 6.40. The fourth-order valence-electron chi connectivity index (χ4n) is 9.80. The van der Waals surface area contributed by atoms with Gasteiger partial charge in [0.2, 0.25) is 0 Å². The molecule has 0 bridgehead atoms. The number of hydrogen-bond donors (Lipinski definition) is 0. The van der Waals surface area contributed by atoms with E-state index < -0.39 is 0 Å². The molecule has 1 aliphatic rings. The summed E-state index contributed by atoms with van der Waals surface area (Å²) >= 11 is 0. The molecule has 0 spiro atoms. The van der Waals surface area contributed by atoms with Crippen molar-refractivity contribution in [3.05, 3.63) is 186 Å². The van der Waals surface area contributed by atoms with Crippen molar-refractivity contribution >= 4 is 60.3 Å². The lowest BCUT2D eigenvalue weighted by molar-refractivity contribution is 0.661. The summed E-state index contributed by atoms with van der Waals surface area (Å²) in [6.07, 6.45) is 4.31. The molecule has 1 aliphatic carbocycles. The van der Waals surface area contributed by atoms with E-state index in [0.29, 0.717) is 0 Å². The van der Waals surface area contributed by atoms with Gasteiger partial charge in [0.1, 0.15) is 11.2 Å². The summed E-state index contributed by atoms with van der Waals surface area (Å²) in [5.41, 5.74) is 17.1. The highest BCUT2D eigenvalue weighted by Gasteiger charge is 2.37. The zero-order valence-electron chi connectivity index (χ0n) is 32.1. The summed E-state index contributed by atoms with van der Waals surface area (Å²) in [6.45, 7) is 9.04. The molecule has 266 valence electrons. The molecule has 0 radical (unpaired) electrons. The van der Waals surface area contributed by atoms with Crippen LogP contribution in [-0.2, 0) is 5.41 Å². The van der Waals surface area contributed by atoms with E-state index in [0.717, 1.165) is 11.2 Å². The number of rotatable bonds is 4. The summed E-state index contributed by atoms with van der Waals surface area (Å²) in [5, 5.41) is 9.97. The van der Waals surface area contributed by atoms with Gasteiger partial charge in [-0.15, -0.1) is 0 Å². The van der Waals surface area contributed by atoms with Crippen LogP contribution in [0.5, 0.6) is 0 Å². The summed E-state index contributed by atoms with van der Waals surface area (Å²) in [6, 6.07) is 58.6. The van der Waals surface area contributed by atoms with Crippen LogP contribution >= 0.6 is 0 Å². The first kappa shape index (κ1) is 32.7. The van der Waals surface area contributed by atoms with E-state index in [1.807, 2.05) is 0 Å². The van der Waals surface area contributed by atoms with E-state index in [4.69, 9.17) is 4.42 Å². The zero-order chi connectivity index (χ0) is 37.7. The number of furan rings is 1. The van der Waals surface area contributed by atoms with Crippen LogP contribution in [0, 0.1) is 6.92 Å². The molecular formula is C55H40O.